The quantitative estimate of drug-likeness (QED) is 0.791. The highest BCUT2D eigenvalue weighted by Gasteiger charge is 2.33. The van der Waals surface area contributed by atoms with Gasteiger partial charge >= 0.3 is 17.9 Å². The van der Waals surface area contributed by atoms with Crippen molar-refractivity contribution >= 4 is 17.9 Å². The van der Waals surface area contributed by atoms with Gasteiger partial charge in [-0.3, -0.25) is 9.59 Å². The summed E-state index contributed by atoms with van der Waals surface area (Å²) in [6.45, 7) is 13.6. The van der Waals surface area contributed by atoms with Crippen LogP contribution in [-0.4, -0.2) is 66.0 Å². The van der Waals surface area contributed by atoms with Crippen LogP contribution in [-0.2, 0) is 14.3 Å². The third kappa shape index (κ3) is 6.37. The van der Waals surface area contributed by atoms with Crippen LogP contribution in [0.4, 0.5) is 4.79 Å². The van der Waals surface area contributed by atoms with Gasteiger partial charge in [0.25, 0.3) is 0 Å². The lowest BCUT2D eigenvalue weighted by Crippen LogP contribution is -2.56. The molecule has 3 amide bonds. The van der Waals surface area contributed by atoms with Gasteiger partial charge in [0.05, 0.1) is 6.61 Å². The average Bonchev–Trinajstić information content (AvgIpc) is 2.43. The van der Waals surface area contributed by atoms with Gasteiger partial charge in [-0.25, -0.2) is 4.79 Å². The second-order valence-corrected chi connectivity index (χ2v) is 8.05. The van der Waals surface area contributed by atoms with Gasteiger partial charge in [-0.2, -0.15) is 0 Å². The fourth-order valence-corrected chi connectivity index (χ4v) is 3.18. The van der Waals surface area contributed by atoms with E-state index in [2.05, 4.69) is 26.1 Å². The minimum atomic E-state index is -0.589. The second-order valence-electron chi connectivity index (χ2n) is 8.05. The van der Waals surface area contributed by atoms with Crippen LogP contribution in [0.15, 0.2) is 0 Å². The third-order valence-corrected chi connectivity index (χ3v) is 3.71. The maximum absolute atomic E-state index is 12.3. The lowest BCUT2D eigenvalue weighted by atomic mass is 9.82. The molecule has 24 heavy (non-hydrogen) atoms. The van der Waals surface area contributed by atoms with Gasteiger partial charge in [0.2, 0.25) is 0 Å². The second kappa shape index (κ2) is 7.85. The lowest BCUT2D eigenvalue weighted by Gasteiger charge is -2.36. The van der Waals surface area contributed by atoms with Crippen molar-refractivity contribution in [3.05, 3.63) is 0 Å². The molecule has 7 heteroatoms. The third-order valence-electron chi connectivity index (χ3n) is 3.71. The Morgan fingerprint density at radius 1 is 0.958 bits per heavy atom. The van der Waals surface area contributed by atoms with Crippen LogP contribution in [0.2, 0.25) is 0 Å². The first-order valence-corrected chi connectivity index (χ1v) is 8.48. The molecule has 1 N–H and O–H groups in total. The minimum Gasteiger partial charge on any atom is -0.450 e. The topological polar surface area (TPSA) is 79.0 Å². The Labute approximate surface area is 144 Å². The first-order chi connectivity index (χ1) is 10.9. The summed E-state index contributed by atoms with van der Waals surface area (Å²) in [7, 11) is 0. The summed E-state index contributed by atoms with van der Waals surface area (Å²) in [4.78, 5) is 39.3. The number of piperazine rings is 1. The summed E-state index contributed by atoms with van der Waals surface area (Å²) >= 11 is 0. The van der Waals surface area contributed by atoms with Crippen molar-refractivity contribution in [1.82, 2.24) is 15.1 Å². The standard InChI is InChI=1S/C17H31N3O4/c1-7-24-15(23)20-10-8-19(9-11-20)14(22)13(21)18-17(5,6)12-16(2,3)4/h7-12H2,1-6H3,(H,18,21). The van der Waals surface area contributed by atoms with Crippen molar-refractivity contribution in [3.63, 3.8) is 0 Å². The monoisotopic (exact) mass is 341 g/mol. The van der Waals surface area contributed by atoms with Crippen molar-refractivity contribution in [1.29, 1.82) is 0 Å². The number of hydrogen-bond donors (Lipinski definition) is 1. The summed E-state index contributed by atoms with van der Waals surface area (Å²) in [6.07, 6.45) is 0.385. The molecule has 0 aromatic carbocycles. The summed E-state index contributed by atoms with van der Waals surface area (Å²) < 4.78 is 4.94. The summed E-state index contributed by atoms with van der Waals surface area (Å²) in [5, 5.41) is 2.83. The van der Waals surface area contributed by atoms with Gasteiger partial charge in [-0.1, -0.05) is 20.8 Å². The molecule has 1 saturated heterocycles. The highest BCUT2D eigenvalue weighted by atomic mass is 16.6. The van der Waals surface area contributed by atoms with E-state index in [1.54, 1.807) is 11.8 Å². The molecule has 1 rings (SSSR count). The zero-order chi connectivity index (χ0) is 18.5. The Bertz CT molecular complexity index is 475. The Balaban J connectivity index is 2.53. The maximum atomic E-state index is 12.3. The molecular weight excluding hydrogens is 310 g/mol. The number of nitrogens with zero attached hydrogens (tertiary/aromatic N) is 2. The zero-order valence-corrected chi connectivity index (χ0v) is 15.8. The van der Waals surface area contributed by atoms with E-state index in [0.717, 1.165) is 6.42 Å². The first-order valence-electron chi connectivity index (χ1n) is 8.48. The SMILES string of the molecule is CCOC(=O)N1CCN(C(=O)C(=O)NC(C)(C)CC(C)(C)C)CC1. The summed E-state index contributed by atoms with van der Waals surface area (Å²) in [6, 6.07) is 0. The van der Waals surface area contributed by atoms with Crippen molar-refractivity contribution in [2.45, 2.75) is 53.5 Å². The average molecular weight is 341 g/mol. The molecule has 0 aromatic heterocycles. The van der Waals surface area contributed by atoms with Crippen molar-refractivity contribution in [2.24, 2.45) is 5.41 Å². The fraction of sp³-hybridized carbons (Fsp3) is 0.824. The Kier molecular flexibility index (Phi) is 6.63. The van der Waals surface area contributed by atoms with E-state index in [4.69, 9.17) is 4.74 Å². The van der Waals surface area contributed by atoms with Crippen LogP contribution in [0.3, 0.4) is 0 Å². The largest absolute Gasteiger partial charge is 0.450 e. The highest BCUT2D eigenvalue weighted by Crippen LogP contribution is 2.26. The molecule has 0 radical (unpaired) electrons. The van der Waals surface area contributed by atoms with Crippen LogP contribution in [0.25, 0.3) is 0 Å². The zero-order valence-electron chi connectivity index (χ0n) is 15.8. The van der Waals surface area contributed by atoms with E-state index < -0.39 is 17.4 Å². The van der Waals surface area contributed by atoms with E-state index in [1.165, 1.54) is 4.90 Å². The lowest BCUT2D eigenvalue weighted by molar-refractivity contribution is -0.147. The van der Waals surface area contributed by atoms with Crippen molar-refractivity contribution in [3.8, 4) is 0 Å². The van der Waals surface area contributed by atoms with E-state index in [0.29, 0.717) is 32.8 Å². The van der Waals surface area contributed by atoms with Gasteiger partial charge < -0.3 is 19.9 Å². The molecular formula is C17H31N3O4. The number of rotatable bonds is 3. The van der Waals surface area contributed by atoms with Gasteiger partial charge in [0.15, 0.2) is 0 Å². The Morgan fingerprint density at radius 3 is 1.92 bits per heavy atom. The fourth-order valence-electron chi connectivity index (χ4n) is 3.18. The molecule has 1 heterocycles. The summed E-state index contributed by atoms with van der Waals surface area (Å²) in [5.41, 5.74) is -0.414. The molecule has 0 aromatic rings. The van der Waals surface area contributed by atoms with E-state index in [9.17, 15) is 14.4 Å². The molecule has 7 nitrogen and oxygen atoms in total. The van der Waals surface area contributed by atoms with Gasteiger partial charge in [-0.05, 0) is 32.6 Å². The number of ether oxygens (including phenoxy) is 1. The number of hydrogen-bond acceptors (Lipinski definition) is 4. The number of carbonyl (C=O) groups is 3. The van der Waals surface area contributed by atoms with Crippen LogP contribution in [0.5, 0.6) is 0 Å². The number of amides is 3. The maximum Gasteiger partial charge on any atom is 0.409 e. The van der Waals surface area contributed by atoms with E-state index in [1.807, 2.05) is 13.8 Å². The predicted molar refractivity (Wildman–Crippen MR) is 91.5 cm³/mol. The van der Waals surface area contributed by atoms with Gasteiger partial charge in [0, 0.05) is 31.7 Å². The molecule has 0 saturated carbocycles. The Hall–Kier alpha value is -1.79. The van der Waals surface area contributed by atoms with E-state index in [-0.39, 0.29) is 11.5 Å². The van der Waals surface area contributed by atoms with Gasteiger partial charge in [0.1, 0.15) is 0 Å². The Morgan fingerprint density at radius 2 is 1.46 bits per heavy atom. The molecule has 138 valence electrons. The van der Waals surface area contributed by atoms with Gasteiger partial charge in [-0.15, -0.1) is 0 Å². The predicted octanol–water partition coefficient (Wildman–Crippen LogP) is 1.62. The summed E-state index contributed by atoms with van der Waals surface area (Å²) in [5.74, 6) is -1.13. The smallest absolute Gasteiger partial charge is 0.409 e. The number of carbonyl (C=O) groups excluding carboxylic acids is 3. The molecule has 0 aliphatic carbocycles. The molecule has 0 bridgehead atoms. The number of nitrogens with one attached hydrogen (secondary N) is 1. The highest BCUT2D eigenvalue weighted by molar-refractivity contribution is 6.35. The molecule has 0 unspecified atom stereocenters. The van der Waals surface area contributed by atoms with E-state index >= 15 is 0 Å². The van der Waals surface area contributed by atoms with Crippen molar-refractivity contribution in [2.75, 3.05) is 32.8 Å². The molecule has 0 spiro atoms. The van der Waals surface area contributed by atoms with Crippen LogP contribution >= 0.6 is 0 Å². The minimum absolute atomic E-state index is 0.0467. The van der Waals surface area contributed by atoms with Crippen LogP contribution in [0, 0.1) is 5.41 Å². The molecule has 1 fully saturated rings. The first kappa shape index (κ1) is 20.3. The molecule has 0 atom stereocenters. The normalized spacial score (nSPS) is 15.9. The van der Waals surface area contributed by atoms with Crippen LogP contribution in [0.1, 0.15) is 48.0 Å². The van der Waals surface area contributed by atoms with Crippen molar-refractivity contribution < 1.29 is 19.1 Å². The molecule has 1 aliphatic rings. The van der Waals surface area contributed by atoms with Crippen LogP contribution < -0.4 is 5.32 Å². The molecule has 1 aliphatic heterocycles.